The van der Waals surface area contributed by atoms with Gasteiger partial charge in [-0.2, -0.15) is 8.42 Å². The van der Waals surface area contributed by atoms with Gasteiger partial charge in [-0.3, -0.25) is 4.55 Å². The van der Waals surface area contributed by atoms with Crippen molar-refractivity contribution in [2.45, 2.75) is 4.90 Å². The zero-order chi connectivity index (χ0) is 10.1. The van der Waals surface area contributed by atoms with Gasteiger partial charge >= 0.3 is 68.9 Å². The Bertz CT molecular complexity index is 422. The Morgan fingerprint density at radius 2 is 1.64 bits per heavy atom. The smallest absolute Gasteiger partial charge is 0.545 e. The van der Waals surface area contributed by atoms with Crippen molar-refractivity contribution < 1.29 is 91.8 Å². The molecule has 0 aromatic heterocycles. The van der Waals surface area contributed by atoms with Crippen LogP contribution in [0.3, 0.4) is 0 Å². The van der Waals surface area contributed by atoms with Crippen LogP contribution in [-0.4, -0.2) is 18.9 Å². The maximum absolute atomic E-state index is 10.5. The van der Waals surface area contributed by atoms with E-state index >= 15 is 0 Å². The summed E-state index contributed by atoms with van der Waals surface area (Å²) < 4.78 is 29.5. The molecule has 70 valence electrons. The second-order valence-electron chi connectivity index (χ2n) is 2.29. The molecule has 0 spiro atoms. The van der Waals surface area contributed by atoms with E-state index in [1.165, 1.54) is 0 Å². The Morgan fingerprint density at radius 1 is 1.21 bits per heavy atom. The third-order valence-electron chi connectivity index (χ3n) is 1.39. The molecule has 0 radical (unpaired) electrons. The van der Waals surface area contributed by atoms with E-state index in [1.54, 1.807) is 0 Å². The monoisotopic (exact) mass is 334 g/mol. The van der Waals surface area contributed by atoms with Crippen LogP contribution in [-0.2, 0) is 10.1 Å². The van der Waals surface area contributed by atoms with Gasteiger partial charge < -0.3 is 9.90 Å². The Hall–Kier alpha value is 0.652. The summed E-state index contributed by atoms with van der Waals surface area (Å²) in [6, 6.07) is 4.05. The second kappa shape index (κ2) is 5.66. The first-order chi connectivity index (χ1) is 5.91. The molecule has 0 aliphatic heterocycles. The van der Waals surface area contributed by atoms with Crippen LogP contribution in [0, 0.1) is 0 Å². The third kappa shape index (κ3) is 4.03. The topological polar surface area (TPSA) is 94.5 Å². The predicted molar refractivity (Wildman–Crippen MR) is 40.6 cm³/mol. The van der Waals surface area contributed by atoms with Gasteiger partial charge in [-0.05, 0) is 17.7 Å². The molecular weight excluding hydrogens is 329 g/mol. The molecule has 0 heterocycles. The fourth-order valence-electron chi connectivity index (χ4n) is 0.763. The largest absolute Gasteiger partial charge is 1.00 e. The SMILES string of the molecule is O=C([O-])c1ccc(S(=O)(=O)O)cc1.[Cs+]. The van der Waals surface area contributed by atoms with Crippen molar-refractivity contribution in [2.24, 2.45) is 0 Å². The second-order valence-corrected chi connectivity index (χ2v) is 3.71. The molecule has 0 aliphatic carbocycles. The van der Waals surface area contributed by atoms with Crippen LogP contribution < -0.4 is 74.0 Å². The van der Waals surface area contributed by atoms with Gasteiger partial charge in [0.2, 0.25) is 0 Å². The van der Waals surface area contributed by atoms with E-state index < -0.39 is 16.1 Å². The van der Waals surface area contributed by atoms with Crippen LogP contribution in [0.4, 0.5) is 0 Å². The number of aromatic carboxylic acids is 1. The van der Waals surface area contributed by atoms with Crippen molar-refractivity contribution in [3.63, 3.8) is 0 Å². The van der Waals surface area contributed by atoms with Crippen molar-refractivity contribution >= 4 is 16.1 Å². The van der Waals surface area contributed by atoms with Crippen LogP contribution in [0.1, 0.15) is 10.4 Å². The zero-order valence-electron chi connectivity index (χ0n) is 7.30. The van der Waals surface area contributed by atoms with Gasteiger partial charge in [-0.15, -0.1) is 0 Å². The molecule has 0 saturated heterocycles. The molecule has 0 fully saturated rings. The first-order valence-electron chi connectivity index (χ1n) is 3.20. The van der Waals surface area contributed by atoms with Gasteiger partial charge in [0, 0.05) is 0 Å². The molecule has 0 amide bonds. The molecular formula is C7H5CsO5S. The number of rotatable bonds is 2. The first kappa shape index (κ1) is 14.7. The molecule has 0 bridgehead atoms. The number of hydrogen-bond acceptors (Lipinski definition) is 4. The average molecular weight is 334 g/mol. The Balaban J connectivity index is 0.00000169. The summed E-state index contributed by atoms with van der Waals surface area (Å²) in [5.41, 5.74) is -0.146. The van der Waals surface area contributed by atoms with Crippen LogP contribution in [0.15, 0.2) is 29.2 Å². The van der Waals surface area contributed by atoms with Crippen LogP contribution >= 0.6 is 0 Å². The minimum atomic E-state index is -4.26. The van der Waals surface area contributed by atoms with Crippen molar-refractivity contribution in [3.8, 4) is 0 Å². The number of carboxylic acids is 1. The average Bonchev–Trinajstić information content (AvgIpc) is 2.03. The van der Waals surface area contributed by atoms with Gasteiger partial charge in [0.1, 0.15) is 0 Å². The van der Waals surface area contributed by atoms with E-state index in [4.69, 9.17) is 4.55 Å². The van der Waals surface area contributed by atoms with Crippen LogP contribution in [0.2, 0.25) is 0 Å². The Labute approximate surface area is 140 Å². The quantitative estimate of drug-likeness (QED) is 0.562. The summed E-state index contributed by atoms with van der Waals surface area (Å²) in [6.07, 6.45) is 0. The number of carboxylic acid groups (broad SMARTS) is 1. The molecule has 0 saturated carbocycles. The maximum Gasteiger partial charge on any atom is 1.00 e. The predicted octanol–water partition coefficient (Wildman–Crippen LogP) is -3.70. The number of hydrogen-bond donors (Lipinski definition) is 1. The van der Waals surface area contributed by atoms with Crippen molar-refractivity contribution in [1.82, 2.24) is 0 Å². The summed E-state index contributed by atoms with van der Waals surface area (Å²) in [5, 5.41) is 10.2. The van der Waals surface area contributed by atoms with Gasteiger partial charge in [-0.1, -0.05) is 12.1 Å². The molecule has 0 unspecified atom stereocenters. The summed E-state index contributed by atoms with van der Waals surface area (Å²) in [7, 11) is -4.26. The Kier molecular flexibility index (Phi) is 5.92. The van der Waals surface area contributed by atoms with Gasteiger partial charge in [-0.25, -0.2) is 0 Å². The minimum Gasteiger partial charge on any atom is -0.545 e. The molecule has 1 aromatic carbocycles. The van der Waals surface area contributed by atoms with Crippen molar-refractivity contribution in [2.75, 3.05) is 0 Å². The maximum atomic E-state index is 10.5. The molecule has 1 aromatic rings. The molecule has 5 nitrogen and oxygen atoms in total. The van der Waals surface area contributed by atoms with E-state index in [0.717, 1.165) is 24.3 Å². The Morgan fingerprint density at radius 3 is 1.93 bits per heavy atom. The molecule has 1 N–H and O–H groups in total. The molecule has 0 atom stereocenters. The summed E-state index contributed by atoms with van der Waals surface area (Å²) >= 11 is 0. The standard InChI is InChI=1S/C7H6O5S.Cs/c8-7(9)5-1-3-6(4-2-5)13(10,11)12;/h1-4H,(H,8,9)(H,10,11,12);/q;+1/p-1. The summed E-state index contributed by atoms with van der Waals surface area (Å²) in [4.78, 5) is 9.89. The van der Waals surface area contributed by atoms with Crippen LogP contribution in [0.5, 0.6) is 0 Å². The zero-order valence-corrected chi connectivity index (χ0v) is 14.4. The third-order valence-corrected chi connectivity index (χ3v) is 2.26. The van der Waals surface area contributed by atoms with E-state index in [0.29, 0.717) is 0 Å². The van der Waals surface area contributed by atoms with E-state index in [-0.39, 0.29) is 79.4 Å². The molecule has 0 aliphatic rings. The van der Waals surface area contributed by atoms with Gasteiger partial charge in [0.15, 0.2) is 0 Å². The fourth-order valence-corrected chi connectivity index (χ4v) is 1.24. The molecule has 1 rings (SSSR count). The minimum absolute atomic E-state index is 0. The van der Waals surface area contributed by atoms with Crippen molar-refractivity contribution in [3.05, 3.63) is 29.8 Å². The van der Waals surface area contributed by atoms with Crippen molar-refractivity contribution in [1.29, 1.82) is 0 Å². The van der Waals surface area contributed by atoms with Gasteiger partial charge in [0.05, 0.1) is 10.9 Å². The summed E-state index contributed by atoms with van der Waals surface area (Å²) in [5.74, 6) is -1.40. The van der Waals surface area contributed by atoms with E-state index in [2.05, 4.69) is 0 Å². The molecule has 7 heteroatoms. The molecule has 14 heavy (non-hydrogen) atoms. The number of carbonyl (C=O) groups is 1. The number of benzene rings is 1. The first-order valence-corrected chi connectivity index (χ1v) is 4.64. The normalized spacial score (nSPS) is 10.4. The van der Waals surface area contributed by atoms with E-state index in [1.807, 2.05) is 0 Å². The van der Waals surface area contributed by atoms with E-state index in [9.17, 15) is 18.3 Å². The van der Waals surface area contributed by atoms with Gasteiger partial charge in [0.25, 0.3) is 10.1 Å². The fraction of sp³-hybridized carbons (Fsp3) is 0. The number of carbonyl (C=O) groups excluding carboxylic acids is 1. The van der Waals surface area contributed by atoms with Crippen LogP contribution in [0.25, 0.3) is 0 Å². The summed E-state index contributed by atoms with van der Waals surface area (Å²) in [6.45, 7) is 0.